The fourth-order valence-electron chi connectivity index (χ4n) is 3.37. The molecule has 160 valence electrons. The van der Waals surface area contributed by atoms with Crippen molar-refractivity contribution in [3.8, 4) is 0 Å². The van der Waals surface area contributed by atoms with Crippen molar-refractivity contribution >= 4 is 5.97 Å². The van der Waals surface area contributed by atoms with E-state index in [0.29, 0.717) is 5.92 Å². The van der Waals surface area contributed by atoms with Gasteiger partial charge in [-0.3, -0.25) is 9.58 Å². The van der Waals surface area contributed by atoms with E-state index in [4.69, 9.17) is 24.2 Å². The lowest BCUT2D eigenvalue weighted by atomic mass is 9.95. The van der Waals surface area contributed by atoms with Crippen LogP contribution < -0.4 is 0 Å². The van der Waals surface area contributed by atoms with E-state index in [0.717, 1.165) is 44.5 Å². The summed E-state index contributed by atoms with van der Waals surface area (Å²) >= 11 is 0. The topological polar surface area (TPSA) is 80.7 Å². The SMILES string of the molecule is COCC1CN(Cc2ccco2)Cc2nn(CC3CC3)cc21.O=C(O)C(F)(F)F. The third-order valence-electron chi connectivity index (χ3n) is 4.87. The van der Waals surface area contributed by atoms with Gasteiger partial charge in [0.15, 0.2) is 0 Å². The van der Waals surface area contributed by atoms with Gasteiger partial charge in [0.05, 0.1) is 25.1 Å². The number of aliphatic carboxylic acids is 1. The predicted octanol–water partition coefficient (Wildman–Crippen LogP) is 3.27. The monoisotopic (exact) mass is 415 g/mol. The highest BCUT2D eigenvalue weighted by atomic mass is 19.4. The molecule has 2 aromatic heterocycles. The Bertz CT molecular complexity index is 800. The Morgan fingerprint density at radius 2 is 2.14 bits per heavy atom. The molecule has 1 saturated carbocycles. The highest BCUT2D eigenvalue weighted by Crippen LogP contribution is 2.33. The molecule has 0 radical (unpaired) electrons. The lowest BCUT2D eigenvalue weighted by molar-refractivity contribution is -0.192. The van der Waals surface area contributed by atoms with Gasteiger partial charge >= 0.3 is 12.1 Å². The average Bonchev–Trinajstić information content (AvgIpc) is 3.13. The number of methoxy groups -OCH3 is 1. The molecule has 0 saturated heterocycles. The van der Waals surface area contributed by atoms with Crippen LogP contribution >= 0.6 is 0 Å². The van der Waals surface area contributed by atoms with E-state index in [1.807, 2.05) is 12.1 Å². The van der Waals surface area contributed by atoms with Crippen LogP contribution in [0.3, 0.4) is 0 Å². The zero-order chi connectivity index (χ0) is 21.0. The Morgan fingerprint density at radius 1 is 1.41 bits per heavy atom. The molecular formula is C19H24F3N3O4. The molecule has 0 amide bonds. The number of nitrogens with zero attached hydrogens (tertiary/aromatic N) is 3. The van der Waals surface area contributed by atoms with E-state index in [9.17, 15) is 13.2 Å². The van der Waals surface area contributed by atoms with Crippen molar-refractivity contribution in [2.24, 2.45) is 5.92 Å². The summed E-state index contributed by atoms with van der Waals surface area (Å²) in [5.41, 5.74) is 2.58. The lowest BCUT2D eigenvalue weighted by Gasteiger charge is -2.31. The molecule has 4 rings (SSSR count). The molecule has 0 bridgehead atoms. The number of alkyl halides is 3. The van der Waals surface area contributed by atoms with E-state index in [1.165, 1.54) is 24.1 Å². The second kappa shape index (κ2) is 9.00. The molecule has 7 nitrogen and oxygen atoms in total. The fourth-order valence-corrected chi connectivity index (χ4v) is 3.37. The number of halogens is 3. The fraction of sp³-hybridized carbons (Fsp3) is 0.579. The normalized spacial score (nSPS) is 19.4. The molecule has 0 aromatic carbocycles. The second-order valence-electron chi connectivity index (χ2n) is 7.40. The molecule has 2 aromatic rings. The number of fused-ring (bicyclic) bond motifs is 1. The number of rotatable bonds is 6. The number of carboxylic acid groups (broad SMARTS) is 1. The van der Waals surface area contributed by atoms with Crippen LogP contribution in [-0.2, 0) is 29.2 Å². The minimum Gasteiger partial charge on any atom is -0.475 e. The van der Waals surface area contributed by atoms with Gasteiger partial charge in [0, 0.05) is 44.4 Å². The van der Waals surface area contributed by atoms with Crippen LogP contribution in [-0.4, -0.2) is 52.2 Å². The third-order valence-corrected chi connectivity index (χ3v) is 4.87. The van der Waals surface area contributed by atoms with Crippen molar-refractivity contribution in [2.45, 2.75) is 44.6 Å². The summed E-state index contributed by atoms with van der Waals surface area (Å²) in [6, 6.07) is 3.98. The molecule has 29 heavy (non-hydrogen) atoms. The van der Waals surface area contributed by atoms with Crippen molar-refractivity contribution < 1.29 is 32.2 Å². The Hall–Kier alpha value is -2.33. The number of furan rings is 1. The highest BCUT2D eigenvalue weighted by molar-refractivity contribution is 5.73. The van der Waals surface area contributed by atoms with Crippen molar-refractivity contribution in [2.75, 3.05) is 20.3 Å². The quantitative estimate of drug-likeness (QED) is 0.780. The van der Waals surface area contributed by atoms with Gasteiger partial charge in [-0.25, -0.2) is 4.79 Å². The summed E-state index contributed by atoms with van der Waals surface area (Å²) in [5.74, 6) is -0.498. The predicted molar refractivity (Wildman–Crippen MR) is 96.1 cm³/mol. The van der Waals surface area contributed by atoms with Gasteiger partial charge in [-0.2, -0.15) is 18.3 Å². The maximum absolute atomic E-state index is 10.6. The van der Waals surface area contributed by atoms with Gasteiger partial charge in [0.2, 0.25) is 0 Å². The van der Waals surface area contributed by atoms with E-state index >= 15 is 0 Å². The van der Waals surface area contributed by atoms with Crippen LogP contribution in [0.4, 0.5) is 13.2 Å². The van der Waals surface area contributed by atoms with Crippen molar-refractivity contribution in [3.63, 3.8) is 0 Å². The Morgan fingerprint density at radius 3 is 2.69 bits per heavy atom. The first kappa shape index (κ1) is 21.4. The molecular weight excluding hydrogens is 391 g/mol. The largest absolute Gasteiger partial charge is 0.490 e. The van der Waals surface area contributed by atoms with Crippen molar-refractivity contribution in [3.05, 3.63) is 41.6 Å². The smallest absolute Gasteiger partial charge is 0.475 e. The van der Waals surface area contributed by atoms with Gasteiger partial charge in [-0.1, -0.05) is 0 Å². The molecule has 10 heteroatoms. The second-order valence-corrected chi connectivity index (χ2v) is 7.40. The van der Waals surface area contributed by atoms with Gasteiger partial charge in [-0.05, 0) is 30.9 Å². The Balaban J connectivity index is 0.000000298. The summed E-state index contributed by atoms with van der Waals surface area (Å²) in [7, 11) is 1.78. The summed E-state index contributed by atoms with van der Waals surface area (Å²) in [5, 5.41) is 12.0. The standard InChI is InChI=1S/C17H23N3O2.C2HF3O2/c1-21-12-14-8-19(9-15-3-2-6-22-15)11-17-16(14)10-20(18-17)7-13-4-5-13;3-2(4,5)1(6)7/h2-3,6,10,13-14H,4-5,7-9,11-12H2,1H3;(H,6,7). The molecule has 3 heterocycles. The maximum Gasteiger partial charge on any atom is 0.490 e. The van der Waals surface area contributed by atoms with Gasteiger partial charge in [-0.15, -0.1) is 0 Å². The number of carbonyl (C=O) groups is 1. The third kappa shape index (κ3) is 6.07. The molecule has 1 aliphatic carbocycles. The number of hydrogen-bond acceptors (Lipinski definition) is 5. The van der Waals surface area contributed by atoms with Crippen LogP contribution in [0.1, 0.15) is 35.8 Å². The molecule has 0 spiro atoms. The number of carboxylic acids is 1. The van der Waals surface area contributed by atoms with Gasteiger partial charge in [0.25, 0.3) is 0 Å². The number of hydrogen-bond donors (Lipinski definition) is 1. The first-order valence-corrected chi connectivity index (χ1v) is 9.36. The average molecular weight is 415 g/mol. The van der Waals surface area contributed by atoms with Crippen LogP contribution in [0.15, 0.2) is 29.0 Å². The zero-order valence-corrected chi connectivity index (χ0v) is 16.1. The molecule has 1 aliphatic heterocycles. The van der Waals surface area contributed by atoms with Gasteiger partial charge < -0.3 is 14.3 Å². The first-order valence-electron chi connectivity index (χ1n) is 9.36. The molecule has 1 atom stereocenters. The molecule has 2 aliphatic rings. The molecule has 1 fully saturated rings. The molecule has 1 N–H and O–H groups in total. The summed E-state index contributed by atoms with van der Waals surface area (Å²) in [4.78, 5) is 11.3. The minimum atomic E-state index is -5.08. The van der Waals surface area contributed by atoms with E-state index in [2.05, 4.69) is 15.8 Å². The lowest BCUT2D eigenvalue weighted by Crippen LogP contribution is -2.34. The zero-order valence-electron chi connectivity index (χ0n) is 16.1. The van der Waals surface area contributed by atoms with Crippen LogP contribution in [0.5, 0.6) is 0 Å². The maximum atomic E-state index is 10.6. The Kier molecular flexibility index (Phi) is 6.63. The van der Waals surface area contributed by atoms with Crippen LogP contribution in [0.2, 0.25) is 0 Å². The number of ether oxygens (including phenoxy) is 1. The van der Waals surface area contributed by atoms with Crippen molar-refractivity contribution in [1.29, 1.82) is 0 Å². The van der Waals surface area contributed by atoms with Crippen LogP contribution in [0, 0.1) is 5.92 Å². The summed E-state index contributed by atoms with van der Waals surface area (Å²) in [6.45, 7) is 4.55. The van der Waals surface area contributed by atoms with Crippen LogP contribution in [0.25, 0.3) is 0 Å². The van der Waals surface area contributed by atoms with Gasteiger partial charge in [0.1, 0.15) is 5.76 Å². The molecule has 1 unspecified atom stereocenters. The van der Waals surface area contributed by atoms with Crippen molar-refractivity contribution in [1.82, 2.24) is 14.7 Å². The highest BCUT2D eigenvalue weighted by Gasteiger charge is 2.38. The Labute approximate surface area is 166 Å². The summed E-state index contributed by atoms with van der Waals surface area (Å²) < 4.78 is 44.8. The summed E-state index contributed by atoms with van der Waals surface area (Å²) in [6.07, 6.45) is 1.62. The van der Waals surface area contributed by atoms with E-state index < -0.39 is 12.1 Å². The minimum absolute atomic E-state index is 0.400. The first-order chi connectivity index (χ1) is 13.8. The van der Waals surface area contributed by atoms with E-state index in [1.54, 1.807) is 13.4 Å². The van der Waals surface area contributed by atoms with E-state index in [-0.39, 0.29) is 0 Å². The number of aromatic nitrogens is 2.